The predicted molar refractivity (Wildman–Crippen MR) is 124 cm³/mol. The van der Waals surface area contributed by atoms with E-state index in [1.54, 1.807) is 30.2 Å². The zero-order valence-corrected chi connectivity index (χ0v) is 19.3. The number of hydrogen-bond donors (Lipinski definition) is 2. The number of amides is 1. The molecule has 4 rings (SSSR count). The van der Waals surface area contributed by atoms with Crippen LogP contribution in [0.15, 0.2) is 42.2 Å². The maximum atomic E-state index is 14.9. The number of nitrogens with one attached hydrogen (secondary N) is 1. The van der Waals surface area contributed by atoms with Crippen LogP contribution in [0, 0.1) is 11.6 Å². The van der Waals surface area contributed by atoms with Gasteiger partial charge in [0.2, 0.25) is 5.91 Å². The van der Waals surface area contributed by atoms with Crippen LogP contribution in [-0.4, -0.2) is 45.7 Å². The van der Waals surface area contributed by atoms with E-state index < -0.39 is 23.3 Å². The van der Waals surface area contributed by atoms with Crippen molar-refractivity contribution in [2.45, 2.75) is 18.9 Å². The molecule has 2 N–H and O–H groups in total. The van der Waals surface area contributed by atoms with E-state index in [4.69, 9.17) is 9.47 Å². The van der Waals surface area contributed by atoms with Gasteiger partial charge >= 0.3 is 0 Å². The van der Waals surface area contributed by atoms with Gasteiger partial charge < -0.3 is 19.9 Å². The first kappa shape index (κ1) is 24.0. The molecule has 3 aromatic rings. The number of ether oxygens (including phenoxy) is 2. The highest BCUT2D eigenvalue weighted by Crippen LogP contribution is 2.38. The van der Waals surface area contributed by atoms with Crippen LogP contribution >= 0.6 is 0 Å². The molecule has 1 unspecified atom stereocenters. The first-order chi connectivity index (χ1) is 16.7. The lowest BCUT2D eigenvalue weighted by atomic mass is 9.99. The SMILES string of the molecule is C=CC(=O)Nc1cn(C)nc1Cc1cc2c(cn1)CC(C(O)c1c(F)c(OC)cc(OC)c1F)=N2. The molecular formula is C24H23F2N5O4. The molecule has 0 saturated carbocycles. The molecule has 182 valence electrons. The lowest BCUT2D eigenvalue weighted by Gasteiger charge is -2.17. The molecule has 1 aliphatic rings. The smallest absolute Gasteiger partial charge is 0.247 e. The quantitative estimate of drug-likeness (QED) is 0.476. The van der Waals surface area contributed by atoms with Gasteiger partial charge in [-0.3, -0.25) is 19.5 Å². The van der Waals surface area contributed by atoms with E-state index in [0.29, 0.717) is 34.7 Å². The zero-order chi connectivity index (χ0) is 25.3. The monoisotopic (exact) mass is 483 g/mol. The molecule has 1 aromatic carbocycles. The summed E-state index contributed by atoms with van der Waals surface area (Å²) in [5.74, 6) is -2.93. The number of halogens is 2. The average molecular weight is 483 g/mol. The molecule has 0 fully saturated rings. The summed E-state index contributed by atoms with van der Waals surface area (Å²) in [5.41, 5.74) is 2.49. The molecule has 9 nitrogen and oxygen atoms in total. The van der Waals surface area contributed by atoms with Crippen LogP contribution < -0.4 is 14.8 Å². The van der Waals surface area contributed by atoms with Crippen LogP contribution in [0.4, 0.5) is 20.2 Å². The number of aliphatic hydroxyl groups excluding tert-OH is 1. The number of carbonyl (C=O) groups is 1. The molecular weight excluding hydrogens is 460 g/mol. The summed E-state index contributed by atoms with van der Waals surface area (Å²) in [7, 11) is 4.20. The number of benzene rings is 1. The Balaban J connectivity index is 1.62. The maximum absolute atomic E-state index is 14.9. The van der Waals surface area contributed by atoms with Gasteiger partial charge in [-0.05, 0) is 12.1 Å². The van der Waals surface area contributed by atoms with E-state index in [1.807, 2.05) is 0 Å². The minimum atomic E-state index is -1.66. The topological polar surface area (TPSA) is 111 Å². The van der Waals surface area contributed by atoms with Crippen molar-refractivity contribution in [1.82, 2.24) is 14.8 Å². The van der Waals surface area contributed by atoms with E-state index in [0.717, 1.165) is 12.1 Å². The van der Waals surface area contributed by atoms with Gasteiger partial charge in [0.25, 0.3) is 0 Å². The van der Waals surface area contributed by atoms with Gasteiger partial charge in [0.1, 0.15) is 6.10 Å². The number of hydrogen-bond acceptors (Lipinski definition) is 7. The van der Waals surface area contributed by atoms with Gasteiger partial charge in [-0.15, -0.1) is 0 Å². The highest BCUT2D eigenvalue weighted by molar-refractivity contribution is 5.99. The first-order valence-electron chi connectivity index (χ1n) is 10.5. The summed E-state index contributed by atoms with van der Waals surface area (Å²) in [6.07, 6.45) is 3.22. The molecule has 0 spiro atoms. The fourth-order valence-electron chi connectivity index (χ4n) is 3.84. The minimum Gasteiger partial charge on any atom is -0.494 e. The fourth-order valence-corrected chi connectivity index (χ4v) is 3.84. The first-order valence-corrected chi connectivity index (χ1v) is 10.5. The van der Waals surface area contributed by atoms with Crippen molar-refractivity contribution in [3.8, 4) is 11.5 Å². The Morgan fingerprint density at radius 1 is 1.29 bits per heavy atom. The maximum Gasteiger partial charge on any atom is 0.247 e. The Labute approximate surface area is 199 Å². The molecule has 0 bridgehead atoms. The second-order valence-corrected chi connectivity index (χ2v) is 7.84. The number of pyridine rings is 1. The molecule has 0 saturated heterocycles. The van der Waals surface area contributed by atoms with Gasteiger partial charge in [-0.2, -0.15) is 5.10 Å². The van der Waals surface area contributed by atoms with Crippen molar-refractivity contribution in [3.05, 3.63) is 71.3 Å². The van der Waals surface area contributed by atoms with Crippen molar-refractivity contribution in [2.75, 3.05) is 19.5 Å². The molecule has 1 atom stereocenters. The van der Waals surface area contributed by atoms with Gasteiger partial charge in [0, 0.05) is 49.6 Å². The van der Waals surface area contributed by atoms with E-state index in [2.05, 4.69) is 27.0 Å². The third kappa shape index (κ3) is 4.62. The van der Waals surface area contributed by atoms with E-state index in [9.17, 15) is 18.7 Å². The molecule has 35 heavy (non-hydrogen) atoms. The number of rotatable bonds is 8. The van der Waals surface area contributed by atoms with E-state index in [-0.39, 0.29) is 29.5 Å². The molecule has 0 aliphatic carbocycles. The highest BCUT2D eigenvalue weighted by Gasteiger charge is 2.31. The summed E-state index contributed by atoms with van der Waals surface area (Å²) >= 11 is 0. The summed E-state index contributed by atoms with van der Waals surface area (Å²) < 4.78 is 41.2. The second kappa shape index (κ2) is 9.63. The molecule has 3 heterocycles. The van der Waals surface area contributed by atoms with Crippen molar-refractivity contribution in [2.24, 2.45) is 12.0 Å². The number of aliphatic hydroxyl groups is 1. The van der Waals surface area contributed by atoms with Crippen LogP contribution in [0.5, 0.6) is 11.5 Å². The number of aliphatic imine (C=N–C) groups is 1. The van der Waals surface area contributed by atoms with Gasteiger partial charge in [0.05, 0.1) is 42.6 Å². The highest BCUT2D eigenvalue weighted by atomic mass is 19.1. The Morgan fingerprint density at radius 3 is 2.60 bits per heavy atom. The largest absolute Gasteiger partial charge is 0.494 e. The van der Waals surface area contributed by atoms with Gasteiger partial charge in [-0.1, -0.05) is 6.58 Å². The molecule has 0 radical (unpaired) electrons. The molecule has 1 amide bonds. The van der Waals surface area contributed by atoms with Crippen LogP contribution in [0.3, 0.4) is 0 Å². The van der Waals surface area contributed by atoms with Crippen LogP contribution in [0.2, 0.25) is 0 Å². The van der Waals surface area contributed by atoms with Crippen molar-refractivity contribution >= 4 is 23.0 Å². The fraction of sp³-hybridized carbons (Fsp3) is 0.250. The predicted octanol–water partition coefficient (Wildman–Crippen LogP) is 3.19. The second-order valence-electron chi connectivity index (χ2n) is 7.84. The number of fused-ring (bicyclic) bond motifs is 1. The standard InChI is InChI=1S/C24H23F2N5O4/c1-5-20(32)29-17-11-31(2)30-15(17)8-13-7-14-12(10-27-13)6-16(28-14)24(33)21-22(25)18(34-3)9-19(35-4)23(21)26/h5,7,9-11,24,33H,1,6,8H2,2-4H3,(H,29,32). The van der Waals surface area contributed by atoms with Gasteiger partial charge in [-0.25, -0.2) is 8.78 Å². The number of methoxy groups -OCH3 is 2. The molecule has 11 heteroatoms. The number of carbonyl (C=O) groups excluding carboxylic acids is 1. The number of nitrogens with zero attached hydrogens (tertiary/aromatic N) is 4. The van der Waals surface area contributed by atoms with Crippen molar-refractivity contribution in [3.63, 3.8) is 0 Å². The number of aryl methyl sites for hydroxylation is 1. The van der Waals surface area contributed by atoms with E-state index >= 15 is 0 Å². The summed E-state index contributed by atoms with van der Waals surface area (Å²) in [6.45, 7) is 3.44. The van der Waals surface area contributed by atoms with Crippen molar-refractivity contribution in [1.29, 1.82) is 0 Å². The molecule has 2 aromatic heterocycles. The summed E-state index contributed by atoms with van der Waals surface area (Å²) in [4.78, 5) is 20.5. The molecule has 1 aliphatic heterocycles. The van der Waals surface area contributed by atoms with Crippen LogP contribution in [0.25, 0.3) is 0 Å². The normalized spacial score (nSPS) is 13.1. The summed E-state index contributed by atoms with van der Waals surface area (Å²) in [5, 5.41) is 17.9. The number of aromatic nitrogens is 3. The zero-order valence-electron chi connectivity index (χ0n) is 19.3. The third-order valence-corrected chi connectivity index (χ3v) is 5.55. The van der Waals surface area contributed by atoms with Gasteiger partial charge in [0.15, 0.2) is 23.1 Å². The average Bonchev–Trinajstić information content (AvgIpc) is 3.41. The van der Waals surface area contributed by atoms with Crippen LogP contribution in [-0.2, 0) is 24.7 Å². The van der Waals surface area contributed by atoms with E-state index in [1.165, 1.54) is 14.2 Å². The van der Waals surface area contributed by atoms with Crippen molar-refractivity contribution < 1.29 is 28.2 Å². The Hall–Kier alpha value is -4.12. The summed E-state index contributed by atoms with van der Waals surface area (Å²) in [6, 6.07) is 2.79. The third-order valence-electron chi connectivity index (χ3n) is 5.55. The minimum absolute atomic E-state index is 0.156. The Morgan fingerprint density at radius 2 is 1.97 bits per heavy atom. The Bertz CT molecular complexity index is 1320. The lowest BCUT2D eigenvalue weighted by molar-refractivity contribution is -0.111. The number of anilines is 1. The lowest BCUT2D eigenvalue weighted by Crippen LogP contribution is -2.16. The van der Waals surface area contributed by atoms with Crippen LogP contribution in [0.1, 0.15) is 28.6 Å². The Kier molecular flexibility index (Phi) is 6.61.